The van der Waals surface area contributed by atoms with Crippen LogP contribution in [0.4, 0.5) is 18.9 Å². The molecule has 0 aliphatic carbocycles. The molecule has 1 aromatic rings. The number of anilines is 1. The second kappa shape index (κ2) is 5.75. The number of nitrogens with one attached hydrogen (secondary N) is 2. The highest BCUT2D eigenvalue weighted by Gasteiger charge is 2.30. The fourth-order valence-corrected chi connectivity index (χ4v) is 1.42. The summed E-state index contributed by atoms with van der Waals surface area (Å²) in [6, 6.07) is 3.41. The molecule has 100 valence electrons. The Labute approximate surface area is 103 Å². The minimum atomic E-state index is -4.38. The first-order valence-corrected chi connectivity index (χ1v) is 5.53. The summed E-state index contributed by atoms with van der Waals surface area (Å²) in [5.74, 6) is -0.255. The van der Waals surface area contributed by atoms with Crippen LogP contribution < -0.4 is 10.6 Å². The Morgan fingerprint density at radius 2 is 2.00 bits per heavy atom. The quantitative estimate of drug-likeness (QED) is 0.873. The maximum absolute atomic E-state index is 12.5. The standard InChI is InChI=1S/C12H15F3N2O/c1-3-16-11(18)7-17-10-6-9(12(13,14)15)5-4-8(10)2/h4-6,17H,3,7H2,1-2H3,(H,16,18). The highest BCUT2D eigenvalue weighted by molar-refractivity contribution is 5.80. The van der Waals surface area contributed by atoms with E-state index in [9.17, 15) is 18.0 Å². The molecule has 1 rings (SSSR count). The van der Waals surface area contributed by atoms with Gasteiger partial charge in [-0.2, -0.15) is 13.2 Å². The Kier molecular flexibility index (Phi) is 4.58. The van der Waals surface area contributed by atoms with E-state index in [0.717, 1.165) is 12.1 Å². The van der Waals surface area contributed by atoms with Crippen molar-refractivity contribution in [2.75, 3.05) is 18.4 Å². The van der Waals surface area contributed by atoms with Crippen LogP contribution >= 0.6 is 0 Å². The molecule has 1 amide bonds. The van der Waals surface area contributed by atoms with E-state index < -0.39 is 11.7 Å². The number of amides is 1. The van der Waals surface area contributed by atoms with Crippen molar-refractivity contribution >= 4 is 11.6 Å². The first-order chi connectivity index (χ1) is 8.34. The van der Waals surface area contributed by atoms with E-state index in [4.69, 9.17) is 0 Å². The van der Waals surface area contributed by atoms with Crippen molar-refractivity contribution in [3.8, 4) is 0 Å². The molecule has 0 saturated carbocycles. The van der Waals surface area contributed by atoms with Crippen LogP contribution in [0.25, 0.3) is 0 Å². The Hall–Kier alpha value is -1.72. The summed E-state index contributed by atoms with van der Waals surface area (Å²) < 4.78 is 37.5. The number of rotatable bonds is 4. The van der Waals surface area contributed by atoms with Crippen LogP contribution in [0.3, 0.4) is 0 Å². The van der Waals surface area contributed by atoms with Gasteiger partial charge < -0.3 is 10.6 Å². The Bertz CT molecular complexity index is 430. The lowest BCUT2D eigenvalue weighted by molar-refractivity contribution is -0.137. The number of alkyl halides is 3. The van der Waals surface area contributed by atoms with Crippen molar-refractivity contribution in [2.24, 2.45) is 0 Å². The minimum Gasteiger partial charge on any atom is -0.376 e. The van der Waals surface area contributed by atoms with Gasteiger partial charge in [0.05, 0.1) is 12.1 Å². The third-order valence-electron chi connectivity index (χ3n) is 2.38. The largest absolute Gasteiger partial charge is 0.416 e. The fourth-order valence-electron chi connectivity index (χ4n) is 1.42. The van der Waals surface area contributed by atoms with Crippen LogP contribution in [0.2, 0.25) is 0 Å². The van der Waals surface area contributed by atoms with Crippen molar-refractivity contribution in [3.05, 3.63) is 29.3 Å². The van der Waals surface area contributed by atoms with Crippen LogP contribution in [0.5, 0.6) is 0 Å². The van der Waals surface area contributed by atoms with Gasteiger partial charge in [-0.05, 0) is 31.5 Å². The lowest BCUT2D eigenvalue weighted by Gasteiger charge is -2.13. The van der Waals surface area contributed by atoms with Crippen molar-refractivity contribution in [2.45, 2.75) is 20.0 Å². The molecule has 0 aliphatic rings. The number of halogens is 3. The topological polar surface area (TPSA) is 41.1 Å². The molecule has 3 nitrogen and oxygen atoms in total. The second-order valence-electron chi connectivity index (χ2n) is 3.83. The maximum atomic E-state index is 12.5. The second-order valence-corrected chi connectivity index (χ2v) is 3.83. The number of aryl methyl sites for hydroxylation is 1. The average molecular weight is 260 g/mol. The summed E-state index contributed by atoms with van der Waals surface area (Å²) in [6.45, 7) is 3.89. The van der Waals surface area contributed by atoms with Gasteiger partial charge in [-0.15, -0.1) is 0 Å². The van der Waals surface area contributed by atoms with E-state index in [1.54, 1.807) is 13.8 Å². The molecule has 0 spiro atoms. The van der Waals surface area contributed by atoms with Crippen LogP contribution in [-0.2, 0) is 11.0 Å². The van der Waals surface area contributed by atoms with Gasteiger partial charge in [0.2, 0.25) is 5.91 Å². The molecule has 18 heavy (non-hydrogen) atoms. The van der Waals surface area contributed by atoms with Gasteiger partial charge >= 0.3 is 6.18 Å². The molecule has 0 fully saturated rings. The molecule has 1 aromatic carbocycles. The van der Waals surface area contributed by atoms with Crippen molar-refractivity contribution in [1.29, 1.82) is 0 Å². The number of hydrogen-bond acceptors (Lipinski definition) is 2. The zero-order valence-electron chi connectivity index (χ0n) is 10.2. The normalized spacial score (nSPS) is 11.2. The summed E-state index contributed by atoms with van der Waals surface area (Å²) in [6.07, 6.45) is -4.38. The Balaban J connectivity index is 2.79. The molecule has 0 aliphatic heterocycles. The summed E-state index contributed by atoms with van der Waals surface area (Å²) in [5.41, 5.74) is 0.245. The monoisotopic (exact) mass is 260 g/mol. The minimum absolute atomic E-state index is 0.0456. The summed E-state index contributed by atoms with van der Waals surface area (Å²) >= 11 is 0. The summed E-state index contributed by atoms with van der Waals surface area (Å²) in [5, 5.41) is 5.25. The van der Waals surface area contributed by atoms with E-state index in [1.807, 2.05) is 0 Å². The number of likely N-dealkylation sites (N-methyl/N-ethyl adjacent to an activating group) is 1. The van der Waals surface area contributed by atoms with Crippen molar-refractivity contribution < 1.29 is 18.0 Å². The molecule has 2 N–H and O–H groups in total. The van der Waals surface area contributed by atoms with Gasteiger partial charge in [-0.1, -0.05) is 6.07 Å². The third-order valence-corrected chi connectivity index (χ3v) is 2.38. The molecule has 0 unspecified atom stereocenters. The average Bonchev–Trinajstić information content (AvgIpc) is 2.26. The van der Waals surface area contributed by atoms with E-state index in [2.05, 4.69) is 10.6 Å². The third kappa shape index (κ3) is 3.94. The highest BCUT2D eigenvalue weighted by atomic mass is 19.4. The molecule has 0 atom stereocenters. The number of benzene rings is 1. The molecule has 0 aromatic heterocycles. The van der Waals surface area contributed by atoms with E-state index in [-0.39, 0.29) is 12.5 Å². The molecule has 0 radical (unpaired) electrons. The van der Waals surface area contributed by atoms with Crippen molar-refractivity contribution in [1.82, 2.24) is 5.32 Å². The SMILES string of the molecule is CCNC(=O)CNc1cc(C(F)(F)F)ccc1C. The molecule has 6 heteroatoms. The van der Waals surface area contributed by atoms with E-state index in [1.165, 1.54) is 6.07 Å². The molecular formula is C12H15F3N2O. The number of carbonyl (C=O) groups is 1. The van der Waals surface area contributed by atoms with Crippen LogP contribution in [0, 0.1) is 6.92 Å². The van der Waals surface area contributed by atoms with Gasteiger partial charge in [0.1, 0.15) is 0 Å². The lowest BCUT2D eigenvalue weighted by atomic mass is 10.1. The van der Waals surface area contributed by atoms with E-state index >= 15 is 0 Å². The first kappa shape index (κ1) is 14.3. The Morgan fingerprint density at radius 1 is 1.33 bits per heavy atom. The fraction of sp³-hybridized carbons (Fsp3) is 0.417. The van der Waals surface area contributed by atoms with Gasteiger partial charge in [0.25, 0.3) is 0 Å². The predicted molar refractivity (Wildman–Crippen MR) is 63.4 cm³/mol. The smallest absolute Gasteiger partial charge is 0.376 e. The molecular weight excluding hydrogens is 245 g/mol. The first-order valence-electron chi connectivity index (χ1n) is 5.53. The van der Waals surface area contributed by atoms with Crippen LogP contribution in [0.15, 0.2) is 18.2 Å². The number of hydrogen-bond donors (Lipinski definition) is 2. The van der Waals surface area contributed by atoms with Crippen LogP contribution in [0.1, 0.15) is 18.1 Å². The van der Waals surface area contributed by atoms with Gasteiger partial charge in [-0.25, -0.2) is 0 Å². The highest BCUT2D eigenvalue weighted by Crippen LogP contribution is 2.31. The summed E-state index contributed by atoms with van der Waals surface area (Å²) in [4.78, 5) is 11.2. The van der Waals surface area contributed by atoms with Gasteiger partial charge in [0.15, 0.2) is 0 Å². The van der Waals surface area contributed by atoms with Crippen molar-refractivity contribution in [3.63, 3.8) is 0 Å². The van der Waals surface area contributed by atoms with Crippen LogP contribution in [-0.4, -0.2) is 19.0 Å². The zero-order valence-corrected chi connectivity index (χ0v) is 10.2. The molecule has 0 saturated heterocycles. The molecule has 0 bridgehead atoms. The summed E-state index contributed by atoms with van der Waals surface area (Å²) in [7, 11) is 0. The maximum Gasteiger partial charge on any atom is 0.416 e. The zero-order chi connectivity index (χ0) is 13.8. The number of carbonyl (C=O) groups excluding carboxylic acids is 1. The lowest BCUT2D eigenvalue weighted by Crippen LogP contribution is -2.29. The molecule has 0 heterocycles. The van der Waals surface area contributed by atoms with Gasteiger partial charge in [-0.3, -0.25) is 4.79 Å². The van der Waals surface area contributed by atoms with E-state index in [0.29, 0.717) is 17.8 Å². The predicted octanol–water partition coefficient (Wildman–Crippen LogP) is 2.56. The Morgan fingerprint density at radius 3 is 2.56 bits per heavy atom. The van der Waals surface area contributed by atoms with Gasteiger partial charge in [0, 0.05) is 12.2 Å².